The van der Waals surface area contributed by atoms with E-state index in [2.05, 4.69) is 4.98 Å². The summed E-state index contributed by atoms with van der Waals surface area (Å²) in [6.07, 6.45) is 0. The fraction of sp³-hybridized carbons (Fsp3) is 0.167. The summed E-state index contributed by atoms with van der Waals surface area (Å²) in [6.45, 7) is 0.452. The highest BCUT2D eigenvalue weighted by Gasteiger charge is 2.11. The van der Waals surface area contributed by atoms with E-state index in [9.17, 15) is 0 Å². The summed E-state index contributed by atoms with van der Waals surface area (Å²) in [5.41, 5.74) is 1.82. The molecule has 0 bridgehead atoms. The Kier molecular flexibility index (Phi) is 4.78. The van der Waals surface area contributed by atoms with Gasteiger partial charge in [0.15, 0.2) is 0 Å². The Bertz CT molecular complexity index is 771. The Balaban J connectivity index is 1.76. The lowest BCUT2D eigenvalue weighted by atomic mass is 10.1. The monoisotopic (exact) mass is 327 g/mol. The van der Waals surface area contributed by atoms with Crippen molar-refractivity contribution >= 4 is 11.3 Å². The van der Waals surface area contributed by atoms with Crippen molar-refractivity contribution in [2.24, 2.45) is 0 Å². The minimum absolute atomic E-state index is 0.452. The van der Waals surface area contributed by atoms with Gasteiger partial charge in [-0.2, -0.15) is 0 Å². The highest BCUT2D eigenvalue weighted by atomic mass is 32.1. The van der Waals surface area contributed by atoms with E-state index < -0.39 is 0 Å². The summed E-state index contributed by atoms with van der Waals surface area (Å²) >= 11 is 1.57. The van der Waals surface area contributed by atoms with E-state index in [0.29, 0.717) is 6.61 Å². The van der Waals surface area contributed by atoms with E-state index in [0.717, 1.165) is 33.5 Å². The van der Waals surface area contributed by atoms with Gasteiger partial charge in [0, 0.05) is 17.0 Å². The largest absolute Gasteiger partial charge is 0.497 e. The number of rotatable bonds is 6. The van der Waals surface area contributed by atoms with Gasteiger partial charge in [-0.1, -0.05) is 18.2 Å². The molecule has 0 atom stereocenters. The third-order valence-corrected chi connectivity index (χ3v) is 4.16. The zero-order valence-corrected chi connectivity index (χ0v) is 13.8. The first kappa shape index (κ1) is 15.4. The zero-order chi connectivity index (χ0) is 16.1. The second kappa shape index (κ2) is 7.15. The molecule has 3 rings (SSSR count). The van der Waals surface area contributed by atoms with E-state index in [1.807, 2.05) is 53.9 Å². The van der Waals surface area contributed by atoms with Crippen molar-refractivity contribution in [3.63, 3.8) is 0 Å². The lowest BCUT2D eigenvalue weighted by Crippen LogP contribution is -1.95. The number of benzene rings is 2. The van der Waals surface area contributed by atoms with Crippen LogP contribution >= 0.6 is 11.3 Å². The molecule has 0 aliphatic carbocycles. The summed E-state index contributed by atoms with van der Waals surface area (Å²) in [7, 11) is 3.28. The Morgan fingerprint density at radius 2 is 1.78 bits per heavy atom. The third kappa shape index (κ3) is 3.63. The van der Waals surface area contributed by atoms with Crippen molar-refractivity contribution in [3.8, 4) is 28.5 Å². The third-order valence-electron chi connectivity index (χ3n) is 3.34. The van der Waals surface area contributed by atoms with Crippen LogP contribution in [-0.4, -0.2) is 19.2 Å². The Morgan fingerprint density at radius 1 is 0.957 bits per heavy atom. The number of nitrogens with zero attached hydrogens (tertiary/aromatic N) is 1. The number of hydrogen-bond acceptors (Lipinski definition) is 5. The second-order valence-corrected chi connectivity index (χ2v) is 5.74. The van der Waals surface area contributed by atoms with Gasteiger partial charge in [-0.25, -0.2) is 4.98 Å². The lowest BCUT2D eigenvalue weighted by Gasteiger charge is -2.08. The normalized spacial score (nSPS) is 10.3. The molecule has 0 amide bonds. The minimum atomic E-state index is 0.452. The van der Waals surface area contributed by atoms with Crippen molar-refractivity contribution in [2.75, 3.05) is 14.2 Å². The number of methoxy groups -OCH3 is 2. The van der Waals surface area contributed by atoms with E-state index in [1.165, 1.54) is 0 Å². The number of thiazole rings is 1. The molecule has 118 valence electrons. The van der Waals surface area contributed by atoms with Crippen molar-refractivity contribution in [1.29, 1.82) is 0 Å². The molecule has 0 N–H and O–H groups in total. The summed E-state index contributed by atoms with van der Waals surface area (Å²) in [5, 5.41) is 2.93. The van der Waals surface area contributed by atoms with Gasteiger partial charge in [-0.15, -0.1) is 11.3 Å². The highest BCUT2D eigenvalue weighted by Crippen LogP contribution is 2.33. The van der Waals surface area contributed by atoms with Gasteiger partial charge in [0.25, 0.3) is 0 Å². The van der Waals surface area contributed by atoms with E-state index in [1.54, 1.807) is 25.6 Å². The van der Waals surface area contributed by atoms with Crippen molar-refractivity contribution in [2.45, 2.75) is 6.61 Å². The number of aromatic nitrogens is 1. The topological polar surface area (TPSA) is 40.6 Å². The molecule has 2 aromatic carbocycles. The van der Waals surface area contributed by atoms with Crippen LogP contribution < -0.4 is 14.2 Å². The predicted molar refractivity (Wildman–Crippen MR) is 91.4 cm³/mol. The molecule has 5 heteroatoms. The molecule has 1 heterocycles. The van der Waals surface area contributed by atoms with Gasteiger partial charge in [0.2, 0.25) is 0 Å². The molecule has 0 saturated heterocycles. The van der Waals surface area contributed by atoms with Crippen LogP contribution in [0.4, 0.5) is 0 Å². The minimum Gasteiger partial charge on any atom is -0.497 e. The average molecular weight is 327 g/mol. The first-order chi connectivity index (χ1) is 11.3. The fourth-order valence-electron chi connectivity index (χ4n) is 2.17. The van der Waals surface area contributed by atoms with Gasteiger partial charge in [0.1, 0.15) is 28.9 Å². The van der Waals surface area contributed by atoms with Crippen LogP contribution in [0.2, 0.25) is 0 Å². The van der Waals surface area contributed by atoms with Gasteiger partial charge in [0.05, 0.1) is 19.9 Å². The molecule has 0 radical (unpaired) electrons. The molecule has 3 aromatic rings. The maximum absolute atomic E-state index is 5.73. The first-order valence-corrected chi connectivity index (χ1v) is 8.03. The van der Waals surface area contributed by atoms with E-state index in [4.69, 9.17) is 14.2 Å². The Labute approximate surface area is 139 Å². The molecular weight excluding hydrogens is 310 g/mol. The summed E-state index contributed by atoms with van der Waals surface area (Å²) in [4.78, 5) is 4.63. The second-order valence-electron chi connectivity index (χ2n) is 4.79. The first-order valence-electron chi connectivity index (χ1n) is 7.15. The van der Waals surface area contributed by atoms with Crippen LogP contribution in [0.15, 0.2) is 53.9 Å². The molecule has 0 saturated carbocycles. The summed E-state index contributed by atoms with van der Waals surface area (Å²) in [6, 6.07) is 15.4. The van der Waals surface area contributed by atoms with Crippen LogP contribution in [0.25, 0.3) is 11.3 Å². The molecule has 0 spiro atoms. The quantitative estimate of drug-likeness (QED) is 0.672. The number of ether oxygens (including phenoxy) is 3. The molecular formula is C18H17NO3S. The van der Waals surface area contributed by atoms with E-state index in [-0.39, 0.29) is 0 Å². The average Bonchev–Trinajstić information content (AvgIpc) is 3.09. The molecule has 4 nitrogen and oxygen atoms in total. The molecule has 0 aliphatic rings. The fourth-order valence-corrected chi connectivity index (χ4v) is 2.88. The zero-order valence-electron chi connectivity index (χ0n) is 13.0. The van der Waals surface area contributed by atoms with Crippen LogP contribution in [0.1, 0.15) is 5.01 Å². The smallest absolute Gasteiger partial charge is 0.140 e. The SMILES string of the molecule is COc1ccc(-c2csc(COc3ccccc3)n2)c(OC)c1. The van der Waals surface area contributed by atoms with Crippen molar-refractivity contribution in [1.82, 2.24) is 4.98 Å². The highest BCUT2D eigenvalue weighted by molar-refractivity contribution is 7.09. The number of hydrogen-bond donors (Lipinski definition) is 0. The lowest BCUT2D eigenvalue weighted by molar-refractivity contribution is 0.305. The predicted octanol–water partition coefficient (Wildman–Crippen LogP) is 4.41. The van der Waals surface area contributed by atoms with Crippen LogP contribution in [-0.2, 0) is 6.61 Å². The maximum atomic E-state index is 5.73. The van der Waals surface area contributed by atoms with Crippen molar-refractivity contribution < 1.29 is 14.2 Å². The molecule has 0 unspecified atom stereocenters. The van der Waals surface area contributed by atoms with Crippen LogP contribution in [0.5, 0.6) is 17.2 Å². The summed E-state index contributed by atoms with van der Waals surface area (Å²) in [5.74, 6) is 2.34. The standard InChI is InChI=1S/C18H17NO3S/c1-20-14-8-9-15(17(10-14)21-2)16-12-23-18(19-16)11-22-13-6-4-3-5-7-13/h3-10,12H,11H2,1-2H3. The molecule has 0 aliphatic heterocycles. The molecule has 1 aromatic heterocycles. The maximum Gasteiger partial charge on any atom is 0.140 e. The Hall–Kier alpha value is -2.53. The van der Waals surface area contributed by atoms with Gasteiger partial charge in [-0.05, 0) is 24.3 Å². The van der Waals surface area contributed by atoms with Gasteiger partial charge in [-0.3, -0.25) is 0 Å². The van der Waals surface area contributed by atoms with Gasteiger partial charge >= 0.3 is 0 Å². The van der Waals surface area contributed by atoms with Crippen LogP contribution in [0.3, 0.4) is 0 Å². The van der Waals surface area contributed by atoms with E-state index >= 15 is 0 Å². The Morgan fingerprint density at radius 3 is 2.52 bits per heavy atom. The van der Waals surface area contributed by atoms with Crippen LogP contribution in [0, 0.1) is 0 Å². The molecule has 0 fully saturated rings. The van der Waals surface area contributed by atoms with Crippen molar-refractivity contribution in [3.05, 3.63) is 58.9 Å². The number of para-hydroxylation sites is 1. The summed E-state index contributed by atoms with van der Waals surface area (Å²) < 4.78 is 16.4. The molecule has 23 heavy (non-hydrogen) atoms. The van der Waals surface area contributed by atoms with Gasteiger partial charge < -0.3 is 14.2 Å².